The maximum Gasteiger partial charge on any atom is 0.305 e. The maximum absolute atomic E-state index is 11.8. The van der Waals surface area contributed by atoms with E-state index in [4.69, 9.17) is 9.84 Å². The zero-order valence-corrected chi connectivity index (χ0v) is 11.4. The quantitative estimate of drug-likeness (QED) is 0.890. The van der Waals surface area contributed by atoms with E-state index in [-0.39, 0.29) is 24.2 Å². The van der Waals surface area contributed by atoms with Crippen molar-refractivity contribution in [2.45, 2.75) is 11.8 Å². The second-order valence-corrected chi connectivity index (χ2v) is 5.20. The minimum absolute atomic E-state index is 0.0258. The van der Waals surface area contributed by atoms with Crippen LogP contribution in [0.5, 0.6) is 5.75 Å². The van der Waals surface area contributed by atoms with Gasteiger partial charge in [0.2, 0.25) is 5.91 Å². The zero-order chi connectivity index (χ0) is 13.8. The Labute approximate surface area is 115 Å². The molecule has 0 spiro atoms. The van der Waals surface area contributed by atoms with Crippen LogP contribution in [0.3, 0.4) is 0 Å². The lowest BCUT2D eigenvalue weighted by Gasteiger charge is -2.24. The summed E-state index contributed by atoms with van der Waals surface area (Å²) in [6, 6.07) is 7.50. The van der Waals surface area contributed by atoms with Gasteiger partial charge in [-0.2, -0.15) is 0 Å². The normalized spacial score (nSPS) is 18.7. The van der Waals surface area contributed by atoms with E-state index in [0.29, 0.717) is 5.75 Å². The van der Waals surface area contributed by atoms with Crippen molar-refractivity contribution in [1.29, 1.82) is 0 Å². The number of amides is 1. The molecule has 1 saturated heterocycles. The van der Waals surface area contributed by atoms with Crippen LogP contribution < -0.4 is 4.74 Å². The molecule has 0 aromatic heterocycles. The predicted octanol–water partition coefficient (Wildman–Crippen LogP) is 1.74. The Bertz CT molecular complexity index is 491. The van der Waals surface area contributed by atoms with Crippen LogP contribution >= 0.6 is 11.8 Å². The lowest BCUT2D eigenvalue weighted by atomic mass is 10.1. The number of para-hydroxylation sites is 1. The summed E-state index contributed by atoms with van der Waals surface area (Å²) in [5.74, 6) is 0.170. The molecule has 19 heavy (non-hydrogen) atoms. The lowest BCUT2D eigenvalue weighted by molar-refractivity contribution is -0.138. The summed E-state index contributed by atoms with van der Waals surface area (Å²) < 4.78 is 5.30. The number of carboxylic acids is 1. The number of hydrogen-bond acceptors (Lipinski definition) is 4. The van der Waals surface area contributed by atoms with E-state index in [1.54, 1.807) is 12.0 Å². The molecule has 1 aromatic rings. The molecule has 1 N–H and O–H groups in total. The molecule has 1 amide bonds. The van der Waals surface area contributed by atoms with Crippen molar-refractivity contribution in [3.05, 3.63) is 29.8 Å². The summed E-state index contributed by atoms with van der Waals surface area (Å²) in [5, 5.41) is 8.58. The van der Waals surface area contributed by atoms with Crippen molar-refractivity contribution in [3.8, 4) is 5.75 Å². The van der Waals surface area contributed by atoms with E-state index in [0.717, 1.165) is 11.3 Å². The van der Waals surface area contributed by atoms with Gasteiger partial charge in [0.15, 0.2) is 0 Å². The van der Waals surface area contributed by atoms with Gasteiger partial charge in [-0.25, -0.2) is 0 Å². The van der Waals surface area contributed by atoms with Crippen molar-refractivity contribution in [1.82, 2.24) is 4.90 Å². The van der Waals surface area contributed by atoms with E-state index in [9.17, 15) is 9.59 Å². The van der Waals surface area contributed by atoms with Crippen LogP contribution in [0.2, 0.25) is 0 Å². The van der Waals surface area contributed by atoms with E-state index in [2.05, 4.69) is 0 Å². The molecular formula is C13H15NO4S. The van der Waals surface area contributed by atoms with Gasteiger partial charge in [-0.1, -0.05) is 18.2 Å². The smallest absolute Gasteiger partial charge is 0.305 e. The fourth-order valence-corrected chi connectivity index (χ4v) is 3.28. The van der Waals surface area contributed by atoms with Crippen LogP contribution in [0.1, 0.15) is 17.4 Å². The molecule has 1 aliphatic rings. The first-order chi connectivity index (χ1) is 9.13. The van der Waals surface area contributed by atoms with E-state index in [1.165, 1.54) is 11.8 Å². The fraction of sp³-hybridized carbons (Fsp3) is 0.385. The summed E-state index contributed by atoms with van der Waals surface area (Å²) in [6.45, 7) is 0.226. The van der Waals surface area contributed by atoms with Gasteiger partial charge in [-0.3, -0.25) is 9.59 Å². The highest BCUT2D eigenvalue weighted by molar-refractivity contribution is 8.00. The Morgan fingerprint density at radius 3 is 2.95 bits per heavy atom. The molecular weight excluding hydrogens is 266 g/mol. The molecule has 0 bridgehead atoms. The van der Waals surface area contributed by atoms with Crippen LogP contribution in [-0.2, 0) is 9.59 Å². The highest BCUT2D eigenvalue weighted by Gasteiger charge is 2.34. The number of ether oxygens (including phenoxy) is 1. The van der Waals surface area contributed by atoms with E-state index < -0.39 is 5.97 Å². The molecule has 1 aromatic carbocycles. The summed E-state index contributed by atoms with van der Waals surface area (Å²) in [5.41, 5.74) is 0.909. The number of carboxylic acid groups (broad SMARTS) is 1. The number of carbonyl (C=O) groups excluding carboxylic acids is 1. The van der Waals surface area contributed by atoms with E-state index in [1.807, 2.05) is 24.3 Å². The monoisotopic (exact) mass is 281 g/mol. The molecule has 102 valence electrons. The first-order valence-corrected chi connectivity index (χ1v) is 6.94. The van der Waals surface area contributed by atoms with Crippen LogP contribution in [0.15, 0.2) is 24.3 Å². The van der Waals surface area contributed by atoms with Gasteiger partial charge in [-0.15, -0.1) is 11.8 Å². The van der Waals surface area contributed by atoms with Crippen molar-refractivity contribution in [3.63, 3.8) is 0 Å². The number of rotatable bonds is 5. The number of carbonyl (C=O) groups is 2. The average Bonchev–Trinajstić information content (AvgIpc) is 2.77. The first-order valence-electron chi connectivity index (χ1n) is 5.89. The Hall–Kier alpha value is -1.69. The molecule has 1 unspecified atom stereocenters. The van der Waals surface area contributed by atoms with Crippen molar-refractivity contribution in [2.75, 3.05) is 19.4 Å². The van der Waals surface area contributed by atoms with Gasteiger partial charge in [0.1, 0.15) is 11.1 Å². The summed E-state index contributed by atoms with van der Waals surface area (Å²) in [7, 11) is 1.59. The minimum atomic E-state index is -0.900. The largest absolute Gasteiger partial charge is 0.496 e. The third kappa shape index (κ3) is 3.01. The summed E-state index contributed by atoms with van der Waals surface area (Å²) in [6.07, 6.45) is -0.0437. The lowest BCUT2D eigenvalue weighted by Crippen LogP contribution is -2.30. The van der Waals surface area contributed by atoms with Gasteiger partial charge in [0.25, 0.3) is 0 Å². The Kier molecular flexibility index (Phi) is 4.31. The minimum Gasteiger partial charge on any atom is -0.496 e. The third-order valence-electron chi connectivity index (χ3n) is 2.94. The molecule has 5 nitrogen and oxygen atoms in total. The van der Waals surface area contributed by atoms with Gasteiger partial charge in [-0.05, 0) is 6.07 Å². The van der Waals surface area contributed by atoms with Crippen molar-refractivity contribution < 1.29 is 19.4 Å². The Morgan fingerprint density at radius 1 is 1.53 bits per heavy atom. The molecule has 0 saturated carbocycles. The Morgan fingerprint density at radius 2 is 2.26 bits per heavy atom. The highest BCUT2D eigenvalue weighted by atomic mass is 32.2. The highest BCUT2D eigenvalue weighted by Crippen LogP contribution is 2.42. The number of nitrogens with zero attached hydrogens (tertiary/aromatic N) is 1. The predicted molar refractivity (Wildman–Crippen MR) is 72.2 cm³/mol. The second kappa shape index (κ2) is 5.97. The topological polar surface area (TPSA) is 66.8 Å². The van der Waals surface area contributed by atoms with Crippen molar-refractivity contribution >= 4 is 23.6 Å². The number of aliphatic carboxylic acids is 1. The first kappa shape index (κ1) is 13.7. The second-order valence-electron chi connectivity index (χ2n) is 4.14. The number of methoxy groups -OCH3 is 1. The van der Waals surface area contributed by atoms with Crippen LogP contribution in [0, 0.1) is 0 Å². The molecule has 6 heteroatoms. The average molecular weight is 281 g/mol. The van der Waals surface area contributed by atoms with Crippen molar-refractivity contribution in [2.24, 2.45) is 0 Å². The van der Waals surface area contributed by atoms with Gasteiger partial charge in [0.05, 0.1) is 19.3 Å². The number of benzene rings is 1. The van der Waals surface area contributed by atoms with Crippen LogP contribution in [0.4, 0.5) is 0 Å². The molecule has 1 aliphatic heterocycles. The molecule has 0 radical (unpaired) electrons. The third-order valence-corrected chi connectivity index (χ3v) is 4.18. The maximum atomic E-state index is 11.8. The van der Waals surface area contributed by atoms with Gasteiger partial charge >= 0.3 is 5.97 Å². The van der Waals surface area contributed by atoms with Crippen LogP contribution in [-0.4, -0.2) is 41.3 Å². The zero-order valence-electron chi connectivity index (χ0n) is 10.5. The van der Waals surface area contributed by atoms with Crippen LogP contribution in [0.25, 0.3) is 0 Å². The van der Waals surface area contributed by atoms with E-state index >= 15 is 0 Å². The SMILES string of the molecule is COc1ccccc1C1SCC(=O)N1CCC(=O)O. The molecule has 0 aliphatic carbocycles. The molecule has 1 atom stereocenters. The Balaban J connectivity index is 2.22. The summed E-state index contributed by atoms with van der Waals surface area (Å²) in [4.78, 5) is 24.1. The summed E-state index contributed by atoms with van der Waals surface area (Å²) >= 11 is 1.50. The standard InChI is InChI=1S/C13H15NO4S/c1-18-10-5-3-2-4-9(10)13-14(7-6-12(16)17)11(15)8-19-13/h2-5,13H,6-8H2,1H3,(H,16,17). The fourth-order valence-electron chi connectivity index (χ4n) is 2.04. The van der Waals surface area contributed by atoms with Gasteiger partial charge in [0, 0.05) is 12.1 Å². The molecule has 2 rings (SSSR count). The molecule has 1 heterocycles. The number of thioether (sulfide) groups is 1. The number of hydrogen-bond donors (Lipinski definition) is 1. The molecule has 1 fully saturated rings. The van der Waals surface area contributed by atoms with Gasteiger partial charge < -0.3 is 14.7 Å².